The number of carbonyl (C=O) groups excluding carboxylic acids is 2. The van der Waals surface area contributed by atoms with Crippen LogP contribution in [0, 0.1) is 5.82 Å². The molecule has 1 N–H and O–H groups in total. The average molecular weight is 595 g/mol. The molecule has 208 valence electrons. The maximum absolute atomic E-state index is 13.9. The maximum atomic E-state index is 13.9. The number of unbranched alkanes of at least 4 members (excludes halogenated alkanes) is 1. The predicted octanol–water partition coefficient (Wildman–Crippen LogP) is 5.66. The van der Waals surface area contributed by atoms with Gasteiger partial charge in [-0.3, -0.25) is 13.9 Å². The van der Waals surface area contributed by atoms with E-state index in [1.807, 2.05) is 6.92 Å². The van der Waals surface area contributed by atoms with E-state index in [2.05, 4.69) is 5.32 Å². The average Bonchev–Trinajstić information content (AvgIpc) is 2.92. The lowest BCUT2D eigenvalue weighted by molar-refractivity contribution is -0.139. The zero-order valence-electron chi connectivity index (χ0n) is 21.6. The topological polar surface area (TPSA) is 86.8 Å². The van der Waals surface area contributed by atoms with Crippen molar-refractivity contribution in [2.45, 2.75) is 44.2 Å². The number of sulfonamides is 1. The quantitative estimate of drug-likeness (QED) is 0.274. The van der Waals surface area contributed by atoms with Crippen LogP contribution >= 0.6 is 23.2 Å². The highest BCUT2D eigenvalue weighted by molar-refractivity contribution is 7.92. The minimum absolute atomic E-state index is 0.0480. The Morgan fingerprint density at radius 1 is 0.949 bits per heavy atom. The van der Waals surface area contributed by atoms with Gasteiger partial charge in [0.25, 0.3) is 10.0 Å². The van der Waals surface area contributed by atoms with Crippen molar-refractivity contribution >= 4 is 50.7 Å². The van der Waals surface area contributed by atoms with Crippen LogP contribution in [0.2, 0.25) is 10.0 Å². The number of rotatable bonds is 12. The molecule has 0 heterocycles. The van der Waals surface area contributed by atoms with Crippen molar-refractivity contribution in [2.24, 2.45) is 0 Å². The number of anilines is 1. The second-order valence-corrected chi connectivity index (χ2v) is 11.5. The Bertz CT molecular complexity index is 1370. The van der Waals surface area contributed by atoms with Crippen molar-refractivity contribution in [3.05, 3.63) is 94.2 Å². The first-order valence-corrected chi connectivity index (χ1v) is 14.6. The van der Waals surface area contributed by atoms with Gasteiger partial charge >= 0.3 is 0 Å². The van der Waals surface area contributed by atoms with E-state index < -0.39 is 40.2 Å². The Balaban J connectivity index is 2.02. The molecule has 1 atom stereocenters. The summed E-state index contributed by atoms with van der Waals surface area (Å²) in [6.45, 7) is 3.18. The predicted molar refractivity (Wildman–Crippen MR) is 152 cm³/mol. The van der Waals surface area contributed by atoms with Gasteiger partial charge in [-0.15, -0.1) is 0 Å². The molecule has 0 saturated carbocycles. The Labute approximate surface area is 238 Å². The molecule has 0 saturated heterocycles. The molecular weight excluding hydrogens is 564 g/mol. The van der Waals surface area contributed by atoms with Gasteiger partial charge in [-0.25, -0.2) is 12.8 Å². The van der Waals surface area contributed by atoms with E-state index in [9.17, 15) is 22.4 Å². The van der Waals surface area contributed by atoms with Crippen LogP contribution in [-0.2, 0) is 26.2 Å². The number of halogens is 3. The third kappa shape index (κ3) is 7.71. The Kier molecular flexibility index (Phi) is 10.7. The van der Waals surface area contributed by atoms with Crippen molar-refractivity contribution in [2.75, 3.05) is 17.4 Å². The van der Waals surface area contributed by atoms with E-state index in [0.717, 1.165) is 29.3 Å². The molecule has 3 aromatic carbocycles. The fourth-order valence-corrected chi connectivity index (χ4v) is 5.78. The van der Waals surface area contributed by atoms with E-state index in [1.165, 1.54) is 29.2 Å². The maximum Gasteiger partial charge on any atom is 0.264 e. The van der Waals surface area contributed by atoms with Gasteiger partial charge in [0, 0.05) is 28.7 Å². The lowest BCUT2D eigenvalue weighted by Crippen LogP contribution is -2.51. The molecule has 0 radical (unpaired) electrons. The van der Waals surface area contributed by atoms with Crippen molar-refractivity contribution in [3.8, 4) is 0 Å². The van der Waals surface area contributed by atoms with Crippen molar-refractivity contribution in [3.63, 3.8) is 0 Å². The van der Waals surface area contributed by atoms with Gasteiger partial charge in [0.1, 0.15) is 18.4 Å². The minimum atomic E-state index is -4.24. The normalized spacial score (nSPS) is 12.0. The van der Waals surface area contributed by atoms with Crippen LogP contribution in [0.3, 0.4) is 0 Å². The molecule has 7 nitrogen and oxygen atoms in total. The molecule has 0 fully saturated rings. The van der Waals surface area contributed by atoms with Crippen LogP contribution < -0.4 is 9.62 Å². The summed E-state index contributed by atoms with van der Waals surface area (Å²) < 4.78 is 41.9. The van der Waals surface area contributed by atoms with Gasteiger partial charge in [-0.1, -0.05) is 60.8 Å². The summed E-state index contributed by atoms with van der Waals surface area (Å²) in [4.78, 5) is 28.0. The molecule has 0 unspecified atom stereocenters. The fourth-order valence-electron chi connectivity index (χ4n) is 3.83. The van der Waals surface area contributed by atoms with Crippen molar-refractivity contribution < 1.29 is 22.4 Å². The highest BCUT2D eigenvalue weighted by Gasteiger charge is 2.33. The van der Waals surface area contributed by atoms with E-state index in [-0.39, 0.29) is 17.1 Å². The molecule has 0 bridgehead atoms. The summed E-state index contributed by atoms with van der Waals surface area (Å²) in [6, 6.07) is 16.3. The molecule has 2 amide bonds. The molecule has 3 rings (SSSR count). The number of nitrogens with zero attached hydrogens (tertiary/aromatic N) is 2. The lowest BCUT2D eigenvalue weighted by Gasteiger charge is -2.32. The zero-order chi connectivity index (χ0) is 28.6. The Morgan fingerprint density at radius 2 is 1.56 bits per heavy atom. The van der Waals surface area contributed by atoms with Gasteiger partial charge in [-0.05, 0) is 61.9 Å². The summed E-state index contributed by atoms with van der Waals surface area (Å²) in [5.41, 5.74) is 0.506. The van der Waals surface area contributed by atoms with E-state index in [1.54, 1.807) is 43.3 Å². The third-order valence-electron chi connectivity index (χ3n) is 6.11. The molecular formula is C28H30Cl2FN3O4S. The van der Waals surface area contributed by atoms with Gasteiger partial charge < -0.3 is 10.2 Å². The first-order valence-electron chi connectivity index (χ1n) is 12.4. The smallest absolute Gasteiger partial charge is 0.264 e. The number of hydrogen-bond acceptors (Lipinski definition) is 4. The van der Waals surface area contributed by atoms with Crippen molar-refractivity contribution in [1.29, 1.82) is 0 Å². The lowest BCUT2D eigenvalue weighted by atomic mass is 10.1. The van der Waals surface area contributed by atoms with Crippen LogP contribution in [0.5, 0.6) is 0 Å². The van der Waals surface area contributed by atoms with Gasteiger partial charge in [-0.2, -0.15) is 0 Å². The Hall–Kier alpha value is -3.14. The van der Waals surface area contributed by atoms with E-state index in [4.69, 9.17) is 23.2 Å². The molecule has 39 heavy (non-hydrogen) atoms. The first kappa shape index (κ1) is 30.4. The molecule has 0 aliphatic heterocycles. The first-order chi connectivity index (χ1) is 18.6. The summed E-state index contributed by atoms with van der Waals surface area (Å²) in [7, 11) is -4.24. The minimum Gasteiger partial charge on any atom is -0.354 e. The highest BCUT2D eigenvalue weighted by atomic mass is 35.5. The second-order valence-electron chi connectivity index (χ2n) is 8.84. The van der Waals surface area contributed by atoms with Crippen LogP contribution in [0.1, 0.15) is 32.3 Å². The summed E-state index contributed by atoms with van der Waals surface area (Å²) in [5, 5.41) is 3.40. The van der Waals surface area contributed by atoms with Crippen LogP contribution in [-0.4, -0.2) is 44.3 Å². The van der Waals surface area contributed by atoms with E-state index in [0.29, 0.717) is 22.2 Å². The molecule has 0 spiro atoms. The number of amides is 2. The van der Waals surface area contributed by atoms with Crippen molar-refractivity contribution in [1.82, 2.24) is 10.2 Å². The second kappa shape index (κ2) is 13.8. The number of hydrogen-bond donors (Lipinski definition) is 1. The summed E-state index contributed by atoms with van der Waals surface area (Å²) in [6.07, 6.45) is 1.63. The van der Waals surface area contributed by atoms with E-state index >= 15 is 0 Å². The fraction of sp³-hybridized carbons (Fsp3) is 0.286. The Morgan fingerprint density at radius 3 is 2.15 bits per heavy atom. The monoisotopic (exact) mass is 593 g/mol. The number of nitrogens with one attached hydrogen (secondary N) is 1. The van der Waals surface area contributed by atoms with Gasteiger partial charge in [0.15, 0.2) is 0 Å². The highest BCUT2D eigenvalue weighted by Crippen LogP contribution is 2.28. The molecule has 3 aromatic rings. The summed E-state index contributed by atoms with van der Waals surface area (Å²) in [5.74, 6) is -1.64. The molecule has 0 aromatic heterocycles. The zero-order valence-corrected chi connectivity index (χ0v) is 23.9. The SMILES string of the molecule is CCCCNC(=O)[C@H](C)N(Cc1c(Cl)cccc1Cl)C(=O)CN(c1ccc(F)cc1)S(=O)(=O)c1ccccc1. The van der Waals surface area contributed by atoms with Crippen LogP contribution in [0.25, 0.3) is 0 Å². The number of carbonyl (C=O) groups is 2. The number of benzene rings is 3. The van der Waals surface area contributed by atoms with Gasteiger partial charge in [0.05, 0.1) is 10.6 Å². The van der Waals surface area contributed by atoms with Crippen LogP contribution in [0.15, 0.2) is 77.7 Å². The largest absolute Gasteiger partial charge is 0.354 e. The standard InChI is InChI=1S/C28H30Cl2FN3O4S/c1-3-4-17-32-28(36)20(2)33(18-24-25(29)11-8-12-26(24)30)27(35)19-34(22-15-13-21(31)14-16-22)39(37,38)23-9-6-5-7-10-23/h5-16,20H,3-4,17-19H2,1-2H3,(H,32,36)/t20-/m0/s1. The third-order valence-corrected chi connectivity index (χ3v) is 8.61. The molecule has 0 aliphatic rings. The molecule has 0 aliphatic carbocycles. The van der Waals surface area contributed by atoms with Gasteiger partial charge in [0.2, 0.25) is 11.8 Å². The summed E-state index contributed by atoms with van der Waals surface area (Å²) >= 11 is 12.7. The molecule has 11 heteroatoms. The van der Waals surface area contributed by atoms with Crippen LogP contribution in [0.4, 0.5) is 10.1 Å².